The fourth-order valence-corrected chi connectivity index (χ4v) is 4.00. The molecule has 1 N–H and O–H groups in total. The minimum Gasteiger partial charge on any atom is -0.472 e. The van der Waals surface area contributed by atoms with Crippen molar-refractivity contribution in [2.45, 2.75) is 39.3 Å². The predicted octanol–water partition coefficient (Wildman–Crippen LogP) is 4.16. The number of amides is 2. The van der Waals surface area contributed by atoms with Crippen molar-refractivity contribution in [1.82, 2.24) is 4.90 Å². The number of rotatable bonds is 3. The lowest BCUT2D eigenvalue weighted by atomic mass is 10.0. The first-order chi connectivity index (χ1) is 13.3. The zero-order valence-corrected chi connectivity index (χ0v) is 16.8. The molecule has 7 nitrogen and oxygen atoms in total. The van der Waals surface area contributed by atoms with Gasteiger partial charge < -0.3 is 19.4 Å². The smallest absolute Gasteiger partial charge is 0.410 e. The Bertz CT molecular complexity index is 945. The third kappa shape index (κ3) is 4.61. The lowest BCUT2D eigenvalue weighted by molar-refractivity contribution is -0.111. The largest absolute Gasteiger partial charge is 0.472 e. The van der Waals surface area contributed by atoms with Gasteiger partial charge in [0.25, 0.3) is 0 Å². The van der Waals surface area contributed by atoms with E-state index in [9.17, 15) is 14.9 Å². The quantitative estimate of drug-likeness (QED) is 0.782. The maximum absolute atomic E-state index is 12.3. The molecule has 3 rings (SSSR count). The van der Waals surface area contributed by atoms with Crippen LogP contribution in [0.15, 0.2) is 29.1 Å². The Morgan fingerprint density at radius 2 is 2.21 bits per heavy atom. The molecule has 0 radical (unpaired) electrons. The molecule has 0 fully saturated rings. The van der Waals surface area contributed by atoms with Gasteiger partial charge in [-0.1, -0.05) is 0 Å². The van der Waals surface area contributed by atoms with Crippen molar-refractivity contribution in [1.29, 1.82) is 5.26 Å². The number of thiophene rings is 1. The van der Waals surface area contributed by atoms with Gasteiger partial charge in [0.2, 0.25) is 5.91 Å². The molecule has 0 saturated heterocycles. The zero-order valence-electron chi connectivity index (χ0n) is 15.9. The summed E-state index contributed by atoms with van der Waals surface area (Å²) >= 11 is 1.32. The average molecular weight is 399 g/mol. The molecule has 28 heavy (non-hydrogen) atoms. The van der Waals surface area contributed by atoms with Gasteiger partial charge in [0.05, 0.1) is 24.6 Å². The van der Waals surface area contributed by atoms with Crippen LogP contribution < -0.4 is 5.32 Å². The maximum atomic E-state index is 12.3. The van der Waals surface area contributed by atoms with E-state index in [1.54, 1.807) is 17.0 Å². The third-order valence-corrected chi connectivity index (χ3v) is 5.16. The number of furan rings is 1. The van der Waals surface area contributed by atoms with E-state index in [1.165, 1.54) is 29.9 Å². The van der Waals surface area contributed by atoms with Gasteiger partial charge in [0.1, 0.15) is 16.7 Å². The lowest BCUT2D eigenvalue weighted by Gasteiger charge is -2.29. The van der Waals surface area contributed by atoms with Crippen LogP contribution >= 0.6 is 11.3 Å². The summed E-state index contributed by atoms with van der Waals surface area (Å²) in [6, 6.07) is 3.92. The second-order valence-electron chi connectivity index (χ2n) is 7.35. The molecule has 146 valence electrons. The van der Waals surface area contributed by atoms with Crippen LogP contribution in [0.25, 0.3) is 6.08 Å². The van der Waals surface area contributed by atoms with E-state index in [1.807, 2.05) is 20.8 Å². The molecule has 1 aliphatic rings. The molecule has 0 spiro atoms. The van der Waals surface area contributed by atoms with Gasteiger partial charge in [-0.3, -0.25) is 4.79 Å². The SMILES string of the molecule is CC(C)(C)OC(=O)N1CCc2c(sc(NC(=O)/C=C/c3ccoc3)c2C#N)C1. The van der Waals surface area contributed by atoms with E-state index in [0.717, 1.165) is 16.0 Å². The Hall–Kier alpha value is -3.05. The molecule has 2 aromatic heterocycles. The average Bonchev–Trinajstić information content (AvgIpc) is 3.24. The van der Waals surface area contributed by atoms with Crippen LogP contribution in [0.2, 0.25) is 0 Å². The van der Waals surface area contributed by atoms with Crippen molar-refractivity contribution < 1.29 is 18.7 Å². The molecule has 8 heteroatoms. The van der Waals surface area contributed by atoms with Crippen molar-refractivity contribution in [3.8, 4) is 6.07 Å². The molecule has 1 aliphatic heterocycles. The number of carbonyl (C=O) groups excluding carboxylic acids is 2. The van der Waals surface area contributed by atoms with Gasteiger partial charge in [0, 0.05) is 23.1 Å². The standard InChI is InChI=1S/C20H21N3O4S/c1-20(2,3)27-19(25)23-8-6-14-15(10-21)18(28-16(14)11-23)22-17(24)5-4-13-7-9-26-12-13/h4-5,7,9,12H,6,8,11H2,1-3H3,(H,22,24)/b5-4+. The summed E-state index contributed by atoms with van der Waals surface area (Å²) in [6.07, 6.45) is 6.24. The van der Waals surface area contributed by atoms with Gasteiger partial charge in [-0.2, -0.15) is 5.26 Å². The normalized spacial score (nSPS) is 13.9. The monoisotopic (exact) mass is 399 g/mol. The first-order valence-corrected chi connectivity index (χ1v) is 9.62. The number of hydrogen-bond donors (Lipinski definition) is 1. The molecule has 0 saturated carbocycles. The van der Waals surface area contributed by atoms with Crippen LogP contribution in [-0.4, -0.2) is 29.0 Å². The van der Waals surface area contributed by atoms with Gasteiger partial charge in [-0.25, -0.2) is 4.79 Å². The number of fused-ring (bicyclic) bond motifs is 1. The Labute approximate surface area is 167 Å². The first-order valence-electron chi connectivity index (χ1n) is 8.80. The highest BCUT2D eigenvalue weighted by atomic mass is 32.1. The van der Waals surface area contributed by atoms with E-state index in [2.05, 4.69) is 11.4 Å². The van der Waals surface area contributed by atoms with E-state index in [0.29, 0.717) is 30.1 Å². The number of nitriles is 1. The Morgan fingerprint density at radius 1 is 1.43 bits per heavy atom. The molecular formula is C20H21N3O4S. The molecule has 0 unspecified atom stereocenters. The number of nitrogens with zero attached hydrogens (tertiary/aromatic N) is 2. The van der Waals surface area contributed by atoms with Gasteiger partial charge in [-0.05, 0) is 44.9 Å². The molecule has 0 atom stereocenters. The summed E-state index contributed by atoms with van der Waals surface area (Å²) in [4.78, 5) is 27.0. The maximum Gasteiger partial charge on any atom is 0.410 e. The Balaban J connectivity index is 1.73. The summed E-state index contributed by atoms with van der Waals surface area (Å²) in [5, 5.41) is 12.8. The minimum atomic E-state index is -0.564. The van der Waals surface area contributed by atoms with Gasteiger partial charge in [0.15, 0.2) is 0 Å². The van der Waals surface area contributed by atoms with Crippen LogP contribution in [0.1, 0.15) is 42.3 Å². The molecular weight excluding hydrogens is 378 g/mol. The summed E-state index contributed by atoms with van der Waals surface area (Å²) in [5.74, 6) is -0.333. The van der Waals surface area contributed by atoms with E-state index >= 15 is 0 Å². The second kappa shape index (κ2) is 7.90. The Morgan fingerprint density at radius 3 is 2.86 bits per heavy atom. The highest BCUT2D eigenvalue weighted by Crippen LogP contribution is 2.37. The molecule has 2 aromatic rings. The third-order valence-electron chi connectivity index (χ3n) is 4.03. The van der Waals surface area contributed by atoms with Gasteiger partial charge >= 0.3 is 6.09 Å². The summed E-state index contributed by atoms with van der Waals surface area (Å²) in [7, 11) is 0. The summed E-state index contributed by atoms with van der Waals surface area (Å²) < 4.78 is 10.4. The van der Waals surface area contributed by atoms with Crippen LogP contribution in [-0.2, 0) is 22.5 Å². The van der Waals surface area contributed by atoms with Crippen molar-refractivity contribution in [2.75, 3.05) is 11.9 Å². The molecule has 2 amide bonds. The van der Waals surface area contributed by atoms with Crippen LogP contribution in [0, 0.1) is 11.3 Å². The lowest BCUT2D eigenvalue weighted by Crippen LogP contribution is -2.39. The highest BCUT2D eigenvalue weighted by molar-refractivity contribution is 7.16. The van der Waals surface area contributed by atoms with E-state index in [4.69, 9.17) is 9.15 Å². The van der Waals surface area contributed by atoms with Crippen molar-refractivity contribution >= 4 is 34.4 Å². The van der Waals surface area contributed by atoms with Crippen LogP contribution in [0.4, 0.5) is 9.80 Å². The topological polar surface area (TPSA) is 95.6 Å². The fourth-order valence-electron chi connectivity index (χ4n) is 2.79. The van der Waals surface area contributed by atoms with Crippen LogP contribution in [0.3, 0.4) is 0 Å². The molecule has 3 heterocycles. The predicted molar refractivity (Wildman–Crippen MR) is 106 cm³/mol. The summed E-state index contributed by atoms with van der Waals surface area (Å²) in [6.45, 7) is 6.31. The van der Waals surface area contributed by atoms with Crippen molar-refractivity contribution in [3.05, 3.63) is 46.2 Å². The Kier molecular flexibility index (Phi) is 5.56. The summed E-state index contributed by atoms with van der Waals surface area (Å²) in [5.41, 5.74) is 1.56. The number of anilines is 1. The number of ether oxygens (including phenoxy) is 1. The van der Waals surface area contributed by atoms with Crippen LogP contribution in [0.5, 0.6) is 0 Å². The first kappa shape index (κ1) is 19.7. The number of carbonyl (C=O) groups is 2. The molecule has 0 bridgehead atoms. The molecule has 0 aromatic carbocycles. The second-order valence-corrected chi connectivity index (χ2v) is 8.46. The highest BCUT2D eigenvalue weighted by Gasteiger charge is 2.29. The minimum absolute atomic E-state index is 0.333. The number of nitrogens with one attached hydrogen (secondary N) is 1. The van der Waals surface area contributed by atoms with Crippen molar-refractivity contribution in [2.24, 2.45) is 0 Å². The molecule has 0 aliphatic carbocycles. The van der Waals surface area contributed by atoms with E-state index < -0.39 is 5.60 Å². The zero-order chi connectivity index (χ0) is 20.3. The van der Waals surface area contributed by atoms with Gasteiger partial charge in [-0.15, -0.1) is 11.3 Å². The number of hydrogen-bond acceptors (Lipinski definition) is 6. The fraction of sp³-hybridized carbons (Fsp3) is 0.350. The van der Waals surface area contributed by atoms with E-state index in [-0.39, 0.29) is 12.0 Å². The van der Waals surface area contributed by atoms with Crippen molar-refractivity contribution in [3.63, 3.8) is 0 Å².